The van der Waals surface area contributed by atoms with Gasteiger partial charge in [0.15, 0.2) is 5.76 Å². The number of nitrogens with one attached hydrogen (secondary N) is 2. The molecule has 8 nitrogen and oxygen atoms in total. The molecule has 0 bridgehead atoms. The molecule has 154 valence electrons. The first-order valence-electron chi connectivity index (χ1n) is 9.46. The minimum Gasteiger partial charge on any atom is -0.459 e. The Bertz CT molecular complexity index is 1080. The average molecular weight is 424 g/mol. The molecule has 1 aliphatic heterocycles. The lowest BCUT2D eigenvalue weighted by molar-refractivity contribution is 0.0990. The molecule has 0 unspecified atom stereocenters. The van der Waals surface area contributed by atoms with Gasteiger partial charge in [-0.15, -0.1) is 11.3 Å². The van der Waals surface area contributed by atoms with Crippen LogP contribution in [0.4, 0.5) is 16.4 Å². The van der Waals surface area contributed by atoms with Crippen LogP contribution in [0.1, 0.15) is 43.4 Å². The van der Waals surface area contributed by atoms with Gasteiger partial charge in [0, 0.05) is 18.7 Å². The molecule has 3 amide bonds. The first kappa shape index (κ1) is 19.7. The van der Waals surface area contributed by atoms with Gasteiger partial charge in [0.05, 0.1) is 27.5 Å². The summed E-state index contributed by atoms with van der Waals surface area (Å²) in [6, 6.07) is 11.5. The maximum Gasteiger partial charge on any atom is 0.291 e. The van der Waals surface area contributed by atoms with Crippen LogP contribution in [0.3, 0.4) is 0 Å². The summed E-state index contributed by atoms with van der Waals surface area (Å²) >= 11 is 1.14. The minimum absolute atomic E-state index is 0.188. The Balaban J connectivity index is 1.52. The van der Waals surface area contributed by atoms with Gasteiger partial charge in [-0.05, 0) is 55.3 Å². The number of amides is 3. The predicted molar refractivity (Wildman–Crippen MR) is 115 cm³/mol. The molecule has 30 heavy (non-hydrogen) atoms. The zero-order chi connectivity index (χ0) is 21.1. The molecule has 3 aromatic rings. The molecule has 1 aliphatic rings. The summed E-state index contributed by atoms with van der Waals surface area (Å²) in [5.41, 5.74) is 7.12. The molecule has 9 heteroatoms. The van der Waals surface area contributed by atoms with E-state index in [2.05, 4.69) is 15.5 Å². The third-order valence-electron chi connectivity index (χ3n) is 4.79. The van der Waals surface area contributed by atoms with Crippen LogP contribution in [0.2, 0.25) is 0 Å². The van der Waals surface area contributed by atoms with Crippen LogP contribution in [0.5, 0.6) is 0 Å². The first-order valence-corrected chi connectivity index (χ1v) is 10.3. The lowest BCUT2D eigenvalue weighted by Gasteiger charge is -2.22. The number of furan rings is 1. The van der Waals surface area contributed by atoms with E-state index in [1.165, 1.54) is 6.26 Å². The van der Waals surface area contributed by atoms with E-state index in [4.69, 9.17) is 10.2 Å². The normalized spacial score (nSPS) is 13.3. The largest absolute Gasteiger partial charge is 0.459 e. The van der Waals surface area contributed by atoms with Crippen molar-refractivity contribution in [2.75, 3.05) is 28.6 Å². The van der Waals surface area contributed by atoms with Gasteiger partial charge in [0.25, 0.3) is 11.8 Å². The second-order valence-corrected chi connectivity index (χ2v) is 7.92. The van der Waals surface area contributed by atoms with Crippen molar-refractivity contribution < 1.29 is 18.8 Å². The summed E-state index contributed by atoms with van der Waals surface area (Å²) in [5.74, 6) is -1.09. The van der Waals surface area contributed by atoms with E-state index in [1.54, 1.807) is 36.4 Å². The molecule has 1 fully saturated rings. The van der Waals surface area contributed by atoms with Gasteiger partial charge < -0.3 is 25.7 Å². The highest BCUT2D eigenvalue weighted by molar-refractivity contribution is 7.18. The van der Waals surface area contributed by atoms with Crippen molar-refractivity contribution in [3.63, 3.8) is 0 Å². The van der Waals surface area contributed by atoms with Crippen molar-refractivity contribution in [2.24, 2.45) is 5.73 Å². The van der Waals surface area contributed by atoms with Crippen LogP contribution in [0.15, 0.2) is 53.1 Å². The monoisotopic (exact) mass is 424 g/mol. The summed E-state index contributed by atoms with van der Waals surface area (Å²) < 4.78 is 5.06. The summed E-state index contributed by atoms with van der Waals surface area (Å²) in [6.45, 7) is 1.78. The number of benzene rings is 1. The zero-order valence-electron chi connectivity index (χ0n) is 16.0. The van der Waals surface area contributed by atoms with Crippen molar-refractivity contribution in [1.82, 2.24) is 0 Å². The number of nitrogens with two attached hydrogens (primary N) is 1. The second kappa shape index (κ2) is 8.42. The molecule has 0 saturated carbocycles. The zero-order valence-corrected chi connectivity index (χ0v) is 16.8. The molecular weight excluding hydrogens is 404 g/mol. The number of rotatable bonds is 6. The average Bonchev–Trinajstić information content (AvgIpc) is 3.49. The van der Waals surface area contributed by atoms with E-state index in [0.717, 1.165) is 43.0 Å². The fourth-order valence-electron chi connectivity index (χ4n) is 3.32. The second-order valence-electron chi connectivity index (χ2n) is 6.84. The van der Waals surface area contributed by atoms with Crippen molar-refractivity contribution >= 4 is 45.4 Å². The highest BCUT2D eigenvalue weighted by Crippen LogP contribution is 2.31. The molecule has 2 aromatic heterocycles. The van der Waals surface area contributed by atoms with E-state index in [1.807, 2.05) is 6.07 Å². The van der Waals surface area contributed by atoms with Crippen LogP contribution in [-0.4, -0.2) is 30.8 Å². The van der Waals surface area contributed by atoms with Crippen molar-refractivity contribution in [3.8, 4) is 0 Å². The molecular formula is C21H20N4O4S. The quantitative estimate of drug-likeness (QED) is 0.559. The Morgan fingerprint density at radius 3 is 2.50 bits per heavy atom. The highest BCUT2D eigenvalue weighted by Gasteiger charge is 2.20. The number of carbonyl (C=O) groups is 3. The highest BCUT2D eigenvalue weighted by atomic mass is 32.1. The Kier molecular flexibility index (Phi) is 5.53. The number of hydrogen-bond acceptors (Lipinski definition) is 6. The summed E-state index contributed by atoms with van der Waals surface area (Å²) in [6.07, 6.45) is 3.57. The van der Waals surface area contributed by atoms with Gasteiger partial charge in [-0.3, -0.25) is 14.4 Å². The molecule has 4 rings (SSSR count). The number of anilines is 3. The van der Waals surface area contributed by atoms with Crippen molar-refractivity contribution in [2.45, 2.75) is 12.8 Å². The SMILES string of the molecule is NC(=O)c1ccc(N2CCCC2)c(NC(=O)c2ccc(NC(=O)c3ccco3)s2)c1. The fourth-order valence-corrected chi connectivity index (χ4v) is 4.11. The number of nitrogens with zero attached hydrogens (tertiary/aromatic N) is 1. The molecule has 0 atom stereocenters. The van der Waals surface area contributed by atoms with E-state index in [0.29, 0.717) is 21.1 Å². The Labute approximate surface area is 176 Å². The number of hydrogen-bond donors (Lipinski definition) is 3. The summed E-state index contributed by atoms with van der Waals surface area (Å²) in [5, 5.41) is 6.10. The van der Waals surface area contributed by atoms with Crippen LogP contribution >= 0.6 is 11.3 Å². The first-order chi connectivity index (χ1) is 14.5. The maximum atomic E-state index is 12.8. The third kappa shape index (κ3) is 4.20. The van der Waals surface area contributed by atoms with Crippen molar-refractivity contribution in [3.05, 3.63) is 64.9 Å². The third-order valence-corrected chi connectivity index (χ3v) is 5.79. The molecule has 1 aromatic carbocycles. The van der Waals surface area contributed by atoms with Gasteiger partial charge >= 0.3 is 0 Å². The predicted octanol–water partition coefficient (Wildman–Crippen LogP) is 3.54. The topological polar surface area (TPSA) is 118 Å². The summed E-state index contributed by atoms with van der Waals surface area (Å²) in [4.78, 5) is 39.1. The van der Waals surface area contributed by atoms with E-state index < -0.39 is 5.91 Å². The van der Waals surface area contributed by atoms with Crippen LogP contribution in [0.25, 0.3) is 0 Å². The fraction of sp³-hybridized carbons (Fsp3) is 0.190. The van der Waals surface area contributed by atoms with Crippen LogP contribution in [0, 0.1) is 0 Å². The molecule has 0 spiro atoms. The number of primary amides is 1. The van der Waals surface area contributed by atoms with Gasteiger partial charge in [-0.2, -0.15) is 0 Å². The van der Waals surface area contributed by atoms with Gasteiger partial charge in [-0.1, -0.05) is 0 Å². The van der Waals surface area contributed by atoms with E-state index in [9.17, 15) is 14.4 Å². The van der Waals surface area contributed by atoms with E-state index >= 15 is 0 Å². The molecule has 4 N–H and O–H groups in total. The minimum atomic E-state index is -0.558. The van der Waals surface area contributed by atoms with Crippen LogP contribution in [-0.2, 0) is 0 Å². The Morgan fingerprint density at radius 1 is 1.00 bits per heavy atom. The maximum absolute atomic E-state index is 12.8. The van der Waals surface area contributed by atoms with Gasteiger partial charge in [0.1, 0.15) is 0 Å². The molecule has 0 aliphatic carbocycles. The van der Waals surface area contributed by atoms with Crippen LogP contribution < -0.4 is 21.3 Å². The van der Waals surface area contributed by atoms with Gasteiger partial charge in [0.2, 0.25) is 5.91 Å². The smallest absolute Gasteiger partial charge is 0.291 e. The lowest BCUT2D eigenvalue weighted by atomic mass is 10.1. The molecule has 0 radical (unpaired) electrons. The molecule has 3 heterocycles. The Hall–Kier alpha value is -3.59. The standard InChI is InChI=1S/C21H20N4O4S/c22-19(26)13-5-6-15(25-9-1-2-10-25)14(12-13)23-21(28)17-7-8-18(30-17)24-20(27)16-4-3-11-29-16/h3-8,11-12H,1-2,9-10H2,(H2,22,26)(H,23,28)(H,24,27). The lowest BCUT2D eigenvalue weighted by Crippen LogP contribution is -2.22. The van der Waals surface area contributed by atoms with Gasteiger partial charge in [-0.25, -0.2) is 0 Å². The number of carbonyl (C=O) groups excluding carboxylic acids is 3. The number of thiophene rings is 1. The van der Waals surface area contributed by atoms with Crippen molar-refractivity contribution in [1.29, 1.82) is 0 Å². The molecule has 1 saturated heterocycles. The summed E-state index contributed by atoms with van der Waals surface area (Å²) in [7, 11) is 0. The Morgan fingerprint density at radius 2 is 1.80 bits per heavy atom. The van der Waals surface area contributed by atoms with E-state index in [-0.39, 0.29) is 17.6 Å².